The third-order valence-electron chi connectivity index (χ3n) is 2.44. The number of aliphatic hydroxyl groups is 1. The fourth-order valence-electron chi connectivity index (χ4n) is 1.55. The fourth-order valence-corrected chi connectivity index (χ4v) is 1.98. The van der Waals surface area contributed by atoms with Crippen molar-refractivity contribution < 1.29 is 5.11 Å². The lowest BCUT2D eigenvalue weighted by molar-refractivity contribution is 0.197. The summed E-state index contributed by atoms with van der Waals surface area (Å²) in [6.07, 6.45) is 2.78. The summed E-state index contributed by atoms with van der Waals surface area (Å²) < 4.78 is 0.851. The van der Waals surface area contributed by atoms with Gasteiger partial charge in [-0.15, -0.1) is 0 Å². The number of aryl methyl sites for hydroxylation is 1. The van der Waals surface area contributed by atoms with Gasteiger partial charge in [0.2, 0.25) is 0 Å². The maximum Gasteiger partial charge on any atom is 0.179 e. The lowest BCUT2D eigenvalue weighted by Crippen LogP contribution is -2.02. The number of nitrogens with zero attached hydrogens (tertiary/aromatic N) is 3. The van der Waals surface area contributed by atoms with E-state index in [1.165, 1.54) is 0 Å². The van der Waals surface area contributed by atoms with E-state index in [1.807, 2.05) is 19.1 Å². The summed E-state index contributed by atoms with van der Waals surface area (Å²) >= 11 is 3.41. The van der Waals surface area contributed by atoms with Crippen LogP contribution < -0.4 is 0 Å². The first kappa shape index (κ1) is 12.1. The Bertz CT molecular complexity index is 543. The predicted octanol–water partition coefficient (Wildman–Crippen LogP) is 2.66. The van der Waals surface area contributed by atoms with E-state index in [1.54, 1.807) is 19.3 Å². The lowest BCUT2D eigenvalue weighted by atomic mass is 10.1. The van der Waals surface area contributed by atoms with Gasteiger partial charge in [0.05, 0.1) is 6.10 Å². The Balaban J connectivity index is 2.49. The molecule has 0 aliphatic carbocycles. The Morgan fingerprint density at radius 1 is 1.35 bits per heavy atom. The van der Waals surface area contributed by atoms with Crippen molar-refractivity contribution >= 4 is 15.9 Å². The number of rotatable bonds is 2. The summed E-state index contributed by atoms with van der Waals surface area (Å²) in [5.41, 5.74) is 2.20. The Hall–Kier alpha value is -1.33. The number of pyridine rings is 1. The molecule has 2 aromatic rings. The van der Waals surface area contributed by atoms with Gasteiger partial charge in [-0.25, -0.2) is 9.97 Å². The van der Waals surface area contributed by atoms with Crippen LogP contribution >= 0.6 is 15.9 Å². The van der Waals surface area contributed by atoms with Gasteiger partial charge in [0.1, 0.15) is 5.69 Å². The van der Waals surface area contributed by atoms with Crippen LogP contribution in [0.2, 0.25) is 0 Å². The number of hydrogen-bond acceptors (Lipinski definition) is 4. The van der Waals surface area contributed by atoms with Gasteiger partial charge in [0, 0.05) is 28.1 Å². The van der Waals surface area contributed by atoms with Gasteiger partial charge in [-0.2, -0.15) is 0 Å². The molecule has 0 radical (unpaired) electrons. The minimum absolute atomic E-state index is 0.555. The molecule has 0 spiro atoms. The second-order valence-corrected chi connectivity index (χ2v) is 4.60. The van der Waals surface area contributed by atoms with Crippen molar-refractivity contribution in [2.45, 2.75) is 20.0 Å². The van der Waals surface area contributed by atoms with Gasteiger partial charge < -0.3 is 5.11 Å². The molecule has 2 heterocycles. The topological polar surface area (TPSA) is 58.9 Å². The van der Waals surface area contributed by atoms with Crippen LogP contribution in [0.5, 0.6) is 0 Å². The van der Waals surface area contributed by atoms with Crippen molar-refractivity contribution in [3.8, 4) is 11.5 Å². The van der Waals surface area contributed by atoms with Crippen LogP contribution in [0.3, 0.4) is 0 Å². The Labute approximate surface area is 108 Å². The van der Waals surface area contributed by atoms with Gasteiger partial charge in [-0.1, -0.05) is 0 Å². The number of aliphatic hydroxyl groups excluding tert-OH is 1. The van der Waals surface area contributed by atoms with E-state index in [0.29, 0.717) is 11.5 Å². The lowest BCUT2D eigenvalue weighted by Gasteiger charge is -2.09. The van der Waals surface area contributed by atoms with E-state index in [2.05, 4.69) is 30.9 Å². The first-order chi connectivity index (χ1) is 8.09. The number of aromatic nitrogens is 3. The smallest absolute Gasteiger partial charge is 0.179 e. The highest BCUT2D eigenvalue weighted by Crippen LogP contribution is 2.24. The SMILES string of the molecule is Cc1nc(-c2ncccc2Br)ncc1C(C)O. The Morgan fingerprint density at radius 3 is 2.71 bits per heavy atom. The summed E-state index contributed by atoms with van der Waals surface area (Å²) in [5.74, 6) is 0.555. The highest BCUT2D eigenvalue weighted by atomic mass is 79.9. The molecule has 0 saturated carbocycles. The van der Waals surface area contributed by atoms with E-state index < -0.39 is 6.10 Å². The molecule has 0 aliphatic rings. The largest absolute Gasteiger partial charge is 0.389 e. The van der Waals surface area contributed by atoms with Crippen molar-refractivity contribution in [3.63, 3.8) is 0 Å². The molecule has 88 valence electrons. The minimum atomic E-state index is -0.559. The van der Waals surface area contributed by atoms with Crippen LogP contribution in [0, 0.1) is 6.92 Å². The summed E-state index contributed by atoms with van der Waals surface area (Å²) in [5, 5.41) is 9.52. The van der Waals surface area contributed by atoms with Crippen molar-refractivity contribution in [3.05, 3.63) is 40.3 Å². The van der Waals surface area contributed by atoms with Gasteiger partial charge in [-0.05, 0) is 41.9 Å². The average molecular weight is 294 g/mol. The molecule has 0 aliphatic heterocycles. The van der Waals surface area contributed by atoms with Crippen molar-refractivity contribution in [1.82, 2.24) is 15.0 Å². The normalized spacial score (nSPS) is 12.5. The van der Waals surface area contributed by atoms with Crippen molar-refractivity contribution in [2.24, 2.45) is 0 Å². The first-order valence-corrected chi connectivity index (χ1v) is 6.01. The van der Waals surface area contributed by atoms with E-state index in [9.17, 15) is 5.11 Å². The van der Waals surface area contributed by atoms with Crippen molar-refractivity contribution in [1.29, 1.82) is 0 Å². The van der Waals surface area contributed by atoms with E-state index in [0.717, 1.165) is 15.7 Å². The zero-order valence-electron chi connectivity index (χ0n) is 9.55. The van der Waals surface area contributed by atoms with E-state index in [4.69, 9.17) is 0 Å². The van der Waals surface area contributed by atoms with Crippen LogP contribution in [-0.4, -0.2) is 20.1 Å². The Morgan fingerprint density at radius 2 is 2.12 bits per heavy atom. The van der Waals surface area contributed by atoms with Crippen LogP contribution in [-0.2, 0) is 0 Å². The van der Waals surface area contributed by atoms with Crippen LogP contribution in [0.25, 0.3) is 11.5 Å². The highest BCUT2D eigenvalue weighted by molar-refractivity contribution is 9.10. The molecule has 0 bridgehead atoms. The average Bonchev–Trinajstić information content (AvgIpc) is 2.29. The molecule has 0 saturated heterocycles. The van der Waals surface area contributed by atoms with Crippen molar-refractivity contribution in [2.75, 3.05) is 0 Å². The molecule has 1 atom stereocenters. The van der Waals surface area contributed by atoms with E-state index >= 15 is 0 Å². The van der Waals surface area contributed by atoms with Crippen LogP contribution in [0.1, 0.15) is 24.3 Å². The molecule has 17 heavy (non-hydrogen) atoms. The second kappa shape index (κ2) is 4.89. The maximum absolute atomic E-state index is 9.52. The molecule has 1 unspecified atom stereocenters. The molecule has 5 heteroatoms. The quantitative estimate of drug-likeness (QED) is 0.925. The third kappa shape index (κ3) is 2.50. The molecule has 2 rings (SSSR count). The van der Waals surface area contributed by atoms with Gasteiger partial charge in [-0.3, -0.25) is 4.98 Å². The molecule has 4 nitrogen and oxygen atoms in total. The third-order valence-corrected chi connectivity index (χ3v) is 3.08. The standard InChI is InChI=1S/C12H12BrN3O/c1-7-9(8(2)17)6-15-12(16-7)11-10(13)4-3-5-14-11/h3-6,8,17H,1-2H3. The van der Waals surface area contributed by atoms with Gasteiger partial charge >= 0.3 is 0 Å². The highest BCUT2D eigenvalue weighted by Gasteiger charge is 2.11. The molecule has 2 aromatic heterocycles. The molecule has 0 aromatic carbocycles. The van der Waals surface area contributed by atoms with Crippen LogP contribution in [0.15, 0.2) is 29.0 Å². The van der Waals surface area contributed by atoms with Gasteiger partial charge in [0.15, 0.2) is 5.82 Å². The monoisotopic (exact) mass is 293 g/mol. The Kier molecular flexibility index (Phi) is 3.49. The summed E-state index contributed by atoms with van der Waals surface area (Å²) in [6.45, 7) is 3.55. The fraction of sp³-hybridized carbons (Fsp3) is 0.250. The first-order valence-electron chi connectivity index (χ1n) is 5.22. The minimum Gasteiger partial charge on any atom is -0.389 e. The summed E-state index contributed by atoms with van der Waals surface area (Å²) in [6, 6.07) is 3.73. The van der Waals surface area contributed by atoms with Gasteiger partial charge in [0.25, 0.3) is 0 Å². The zero-order chi connectivity index (χ0) is 12.4. The summed E-state index contributed by atoms with van der Waals surface area (Å²) in [7, 11) is 0. The second-order valence-electron chi connectivity index (χ2n) is 3.74. The molecular weight excluding hydrogens is 282 g/mol. The molecule has 0 amide bonds. The maximum atomic E-state index is 9.52. The van der Waals surface area contributed by atoms with Crippen LogP contribution in [0.4, 0.5) is 0 Å². The molecule has 0 fully saturated rings. The summed E-state index contributed by atoms with van der Waals surface area (Å²) in [4.78, 5) is 12.8. The number of hydrogen-bond donors (Lipinski definition) is 1. The molecule has 1 N–H and O–H groups in total. The van der Waals surface area contributed by atoms with E-state index in [-0.39, 0.29) is 0 Å². The number of halogens is 1. The molecular formula is C12H12BrN3O. The predicted molar refractivity (Wildman–Crippen MR) is 68.3 cm³/mol. The zero-order valence-corrected chi connectivity index (χ0v) is 11.1.